The minimum Gasteiger partial charge on any atom is -0.372 e. The fraction of sp³-hybridized carbons (Fsp3) is 0.571. The molecule has 2 amide bonds. The lowest BCUT2D eigenvalue weighted by Gasteiger charge is -2.36. The van der Waals surface area contributed by atoms with Crippen LogP contribution in [0, 0.1) is 0 Å². The van der Waals surface area contributed by atoms with E-state index in [9.17, 15) is 9.59 Å². The Bertz CT molecular complexity index is 465. The summed E-state index contributed by atoms with van der Waals surface area (Å²) in [5.74, 6) is -0.257. The molecule has 2 heterocycles. The van der Waals surface area contributed by atoms with E-state index in [1.165, 1.54) is 11.3 Å². The van der Waals surface area contributed by atoms with Crippen molar-refractivity contribution in [2.45, 2.75) is 39.0 Å². The van der Waals surface area contributed by atoms with Gasteiger partial charge in [0.05, 0.1) is 17.1 Å². The van der Waals surface area contributed by atoms with Crippen molar-refractivity contribution in [3.8, 4) is 0 Å². The largest absolute Gasteiger partial charge is 0.372 e. The lowest BCUT2D eigenvalue weighted by molar-refractivity contribution is -0.144. The number of amides is 2. The van der Waals surface area contributed by atoms with Crippen molar-refractivity contribution in [3.63, 3.8) is 0 Å². The molecule has 1 fully saturated rings. The molecule has 3 atom stereocenters. The molecule has 2 rings (SSSR count). The van der Waals surface area contributed by atoms with Crippen LogP contribution in [0.1, 0.15) is 30.4 Å². The highest BCUT2D eigenvalue weighted by Gasteiger charge is 2.29. The third-order valence-corrected chi connectivity index (χ3v) is 4.06. The fourth-order valence-electron chi connectivity index (χ4n) is 2.37. The van der Waals surface area contributed by atoms with Crippen LogP contribution < -0.4 is 5.32 Å². The van der Waals surface area contributed by atoms with Crippen molar-refractivity contribution in [2.75, 3.05) is 13.1 Å². The number of ether oxygens (including phenoxy) is 1. The van der Waals surface area contributed by atoms with Crippen LogP contribution in [0.2, 0.25) is 0 Å². The van der Waals surface area contributed by atoms with Gasteiger partial charge in [-0.1, -0.05) is 6.07 Å². The van der Waals surface area contributed by atoms with Crippen LogP contribution in [0.3, 0.4) is 0 Å². The van der Waals surface area contributed by atoms with Crippen LogP contribution in [-0.2, 0) is 9.53 Å². The SMILES string of the molecule is C[C@@H]1CN(C(=O)[C@H](C)NC(=O)c2cccs2)C[C@H](C)O1. The Hall–Kier alpha value is -1.40. The van der Waals surface area contributed by atoms with Gasteiger partial charge in [0.2, 0.25) is 5.91 Å². The zero-order chi connectivity index (χ0) is 14.7. The minimum absolute atomic E-state index is 0.0305. The first-order chi connectivity index (χ1) is 9.47. The molecule has 110 valence electrons. The van der Waals surface area contributed by atoms with Gasteiger partial charge in [-0.3, -0.25) is 9.59 Å². The maximum Gasteiger partial charge on any atom is 0.261 e. The summed E-state index contributed by atoms with van der Waals surface area (Å²) in [6, 6.07) is 3.04. The van der Waals surface area contributed by atoms with Gasteiger partial charge in [-0.25, -0.2) is 0 Å². The Morgan fingerprint density at radius 3 is 2.60 bits per heavy atom. The Kier molecular flexibility index (Phi) is 4.77. The van der Waals surface area contributed by atoms with Crippen molar-refractivity contribution < 1.29 is 14.3 Å². The van der Waals surface area contributed by atoms with E-state index in [-0.39, 0.29) is 24.0 Å². The molecular weight excluding hydrogens is 276 g/mol. The van der Waals surface area contributed by atoms with E-state index in [2.05, 4.69) is 5.32 Å². The average molecular weight is 296 g/mol. The average Bonchev–Trinajstić information content (AvgIpc) is 2.90. The molecule has 1 N–H and O–H groups in total. The molecule has 0 radical (unpaired) electrons. The highest BCUT2D eigenvalue weighted by atomic mass is 32.1. The zero-order valence-electron chi connectivity index (χ0n) is 12.0. The number of hydrogen-bond acceptors (Lipinski definition) is 4. The lowest BCUT2D eigenvalue weighted by Crippen LogP contribution is -2.54. The van der Waals surface area contributed by atoms with Gasteiger partial charge in [0.25, 0.3) is 5.91 Å². The maximum atomic E-state index is 12.4. The molecule has 6 heteroatoms. The van der Waals surface area contributed by atoms with Crippen molar-refractivity contribution in [3.05, 3.63) is 22.4 Å². The van der Waals surface area contributed by atoms with Crippen LogP contribution in [0.25, 0.3) is 0 Å². The molecule has 20 heavy (non-hydrogen) atoms. The quantitative estimate of drug-likeness (QED) is 0.919. The van der Waals surface area contributed by atoms with E-state index >= 15 is 0 Å². The van der Waals surface area contributed by atoms with Crippen LogP contribution in [0.4, 0.5) is 0 Å². The van der Waals surface area contributed by atoms with Gasteiger partial charge in [0, 0.05) is 13.1 Å². The van der Waals surface area contributed by atoms with E-state index in [0.29, 0.717) is 18.0 Å². The third kappa shape index (κ3) is 3.58. The van der Waals surface area contributed by atoms with Gasteiger partial charge < -0.3 is 15.0 Å². The topological polar surface area (TPSA) is 58.6 Å². The first kappa shape index (κ1) is 15.0. The summed E-state index contributed by atoms with van der Waals surface area (Å²) in [6.07, 6.45) is 0.0609. The predicted octanol–water partition coefficient (Wildman–Crippen LogP) is 1.50. The number of hydrogen-bond donors (Lipinski definition) is 1. The van der Waals surface area contributed by atoms with Crippen molar-refractivity contribution >= 4 is 23.2 Å². The van der Waals surface area contributed by atoms with Crippen LogP contribution in [-0.4, -0.2) is 48.1 Å². The number of nitrogens with zero attached hydrogens (tertiary/aromatic N) is 1. The van der Waals surface area contributed by atoms with Gasteiger partial charge in [0.1, 0.15) is 6.04 Å². The molecule has 1 aliphatic heterocycles. The molecule has 0 bridgehead atoms. The van der Waals surface area contributed by atoms with Gasteiger partial charge in [-0.15, -0.1) is 11.3 Å². The number of carbonyl (C=O) groups excluding carboxylic acids is 2. The Labute approximate surface area is 122 Å². The lowest BCUT2D eigenvalue weighted by atomic mass is 10.2. The molecule has 5 nitrogen and oxygen atoms in total. The van der Waals surface area contributed by atoms with E-state index < -0.39 is 6.04 Å². The second-order valence-corrected chi connectivity index (χ2v) is 6.12. The molecule has 1 aromatic heterocycles. The molecule has 0 saturated carbocycles. The maximum absolute atomic E-state index is 12.4. The molecule has 0 aliphatic carbocycles. The number of morpholine rings is 1. The molecule has 0 aromatic carbocycles. The normalized spacial score (nSPS) is 24.2. The Balaban J connectivity index is 1.93. The Morgan fingerprint density at radius 1 is 1.40 bits per heavy atom. The summed E-state index contributed by atoms with van der Waals surface area (Å²) in [6.45, 7) is 6.76. The summed E-state index contributed by atoms with van der Waals surface area (Å²) in [5, 5.41) is 4.59. The van der Waals surface area contributed by atoms with Crippen molar-refractivity contribution in [1.29, 1.82) is 0 Å². The Morgan fingerprint density at radius 2 is 2.05 bits per heavy atom. The minimum atomic E-state index is -0.526. The zero-order valence-corrected chi connectivity index (χ0v) is 12.8. The van der Waals surface area contributed by atoms with E-state index in [1.807, 2.05) is 25.3 Å². The van der Waals surface area contributed by atoms with Gasteiger partial charge in [0.15, 0.2) is 0 Å². The number of nitrogens with one attached hydrogen (secondary N) is 1. The molecule has 1 aliphatic rings. The van der Waals surface area contributed by atoms with Gasteiger partial charge in [-0.2, -0.15) is 0 Å². The first-order valence-electron chi connectivity index (χ1n) is 6.76. The van der Waals surface area contributed by atoms with E-state index in [0.717, 1.165) is 0 Å². The molecule has 0 unspecified atom stereocenters. The van der Waals surface area contributed by atoms with E-state index in [1.54, 1.807) is 17.9 Å². The highest BCUT2D eigenvalue weighted by molar-refractivity contribution is 7.12. The number of thiophene rings is 1. The van der Waals surface area contributed by atoms with Gasteiger partial charge >= 0.3 is 0 Å². The monoisotopic (exact) mass is 296 g/mol. The molecule has 0 spiro atoms. The molecule has 1 aromatic rings. The third-order valence-electron chi connectivity index (χ3n) is 3.19. The van der Waals surface area contributed by atoms with Crippen LogP contribution in [0.5, 0.6) is 0 Å². The summed E-state index contributed by atoms with van der Waals surface area (Å²) < 4.78 is 5.61. The summed E-state index contributed by atoms with van der Waals surface area (Å²) in [4.78, 5) is 26.7. The summed E-state index contributed by atoms with van der Waals surface area (Å²) in [7, 11) is 0. The summed E-state index contributed by atoms with van der Waals surface area (Å²) >= 11 is 1.36. The predicted molar refractivity (Wildman–Crippen MR) is 77.8 cm³/mol. The first-order valence-corrected chi connectivity index (χ1v) is 7.64. The smallest absolute Gasteiger partial charge is 0.261 e. The number of carbonyl (C=O) groups is 2. The highest BCUT2D eigenvalue weighted by Crippen LogP contribution is 2.13. The molecule has 1 saturated heterocycles. The van der Waals surface area contributed by atoms with Crippen molar-refractivity contribution in [1.82, 2.24) is 10.2 Å². The second kappa shape index (κ2) is 6.37. The van der Waals surface area contributed by atoms with Crippen LogP contribution in [0.15, 0.2) is 17.5 Å². The number of rotatable bonds is 3. The fourth-order valence-corrected chi connectivity index (χ4v) is 3.00. The van der Waals surface area contributed by atoms with E-state index in [4.69, 9.17) is 4.74 Å². The standard InChI is InChI=1S/C14H20N2O3S/c1-9-7-16(8-10(2)19-9)14(18)11(3)15-13(17)12-5-4-6-20-12/h4-6,9-11H,7-8H2,1-3H3,(H,15,17)/t9-,10+,11-/m0/s1. The van der Waals surface area contributed by atoms with Crippen LogP contribution >= 0.6 is 11.3 Å². The molecular formula is C14H20N2O3S. The second-order valence-electron chi connectivity index (χ2n) is 5.17. The van der Waals surface area contributed by atoms with Gasteiger partial charge in [-0.05, 0) is 32.2 Å². The van der Waals surface area contributed by atoms with Crippen molar-refractivity contribution in [2.24, 2.45) is 0 Å². The summed E-state index contributed by atoms with van der Waals surface area (Å²) in [5.41, 5.74) is 0.